The minimum atomic E-state index is -2.95. The number of carbonyl (C=O) groups is 1. The van der Waals surface area contributed by atoms with Crippen LogP contribution in [0.25, 0.3) is 0 Å². The Morgan fingerprint density at radius 1 is 1.35 bits per heavy atom. The number of carbonyl (C=O) groups excluding carboxylic acids is 1. The zero-order chi connectivity index (χ0) is 13.3. The van der Waals surface area contributed by atoms with Gasteiger partial charge in [-0.05, 0) is 31.2 Å². The van der Waals surface area contributed by atoms with Crippen molar-refractivity contribution < 1.29 is 9.53 Å². The number of benzene rings is 1. The summed E-state index contributed by atoms with van der Waals surface area (Å²) >= 11 is 20.8. The lowest BCUT2D eigenvalue weighted by atomic mass is 10.2. The Labute approximate surface area is 123 Å². The number of alkyl halides is 1. The Hall–Kier alpha value is 0.257. The summed E-state index contributed by atoms with van der Waals surface area (Å²) in [6.45, 7) is 3.39. The molecule has 0 aliphatic rings. The molecule has 94 valence electrons. The Balaban J connectivity index is 2.91. The summed E-state index contributed by atoms with van der Waals surface area (Å²) in [5.41, 5.74) is 0. The maximum Gasteiger partial charge on any atom is 0.373 e. The fourth-order valence-electron chi connectivity index (χ4n) is 0.964. The lowest BCUT2D eigenvalue weighted by molar-refractivity contribution is -0.136. The van der Waals surface area contributed by atoms with Gasteiger partial charge in [0.1, 0.15) is 10.1 Å². The average Bonchev–Trinajstić information content (AvgIpc) is 2.15. The number of halogens is 4. The molecule has 0 spiro atoms. The van der Waals surface area contributed by atoms with Crippen molar-refractivity contribution in [2.75, 3.05) is 0 Å². The first-order valence-corrected chi connectivity index (χ1v) is 10.5. The number of hydrogen-bond acceptors (Lipinski definition) is 2. The van der Waals surface area contributed by atoms with E-state index in [4.69, 9.17) is 38.0 Å². The van der Waals surface area contributed by atoms with Crippen LogP contribution in [0.15, 0.2) is 24.3 Å². The predicted octanol–water partition coefficient (Wildman–Crippen LogP) is 3.63. The molecule has 2 nitrogen and oxygen atoms in total. The monoisotopic (exact) mass is 374 g/mol. The Bertz CT molecular complexity index is 426. The van der Waals surface area contributed by atoms with Crippen LogP contribution < -0.4 is 9.92 Å². The summed E-state index contributed by atoms with van der Waals surface area (Å²) in [6.07, 6.45) is 0. The smallest absolute Gasteiger partial charge is 0.373 e. The highest BCUT2D eigenvalue weighted by atomic mass is 79.9. The van der Waals surface area contributed by atoms with E-state index in [-0.39, 0.29) is 0 Å². The second kappa shape index (κ2) is 5.49. The van der Waals surface area contributed by atoms with Crippen molar-refractivity contribution in [1.82, 2.24) is 0 Å². The molecule has 0 amide bonds. The molecule has 0 heterocycles. The van der Waals surface area contributed by atoms with Crippen molar-refractivity contribution in [3.05, 3.63) is 24.3 Å². The van der Waals surface area contributed by atoms with E-state index in [0.29, 0.717) is 10.9 Å². The summed E-state index contributed by atoms with van der Waals surface area (Å²) in [6, 6.07) is 3.67. The third-order valence-electron chi connectivity index (χ3n) is 1.86. The third-order valence-corrected chi connectivity index (χ3v) is 5.11. The molecule has 0 bridgehead atoms. The van der Waals surface area contributed by atoms with Gasteiger partial charge in [0.15, 0.2) is 0 Å². The zero-order valence-electron chi connectivity index (χ0n) is 9.14. The van der Waals surface area contributed by atoms with Gasteiger partial charge in [0.05, 0.1) is 0 Å². The summed E-state index contributed by atoms with van der Waals surface area (Å²) in [4.78, 5) is 11.6. The van der Waals surface area contributed by atoms with Crippen LogP contribution in [0.5, 0.6) is 5.75 Å². The molecule has 0 fully saturated rings. The van der Waals surface area contributed by atoms with E-state index in [9.17, 15) is 4.79 Å². The molecule has 0 aromatic heterocycles. The highest BCUT2D eigenvalue weighted by molar-refractivity contribution is 9.10. The van der Waals surface area contributed by atoms with Crippen LogP contribution in [0.4, 0.5) is 0 Å². The first-order chi connectivity index (χ1) is 7.60. The lowest BCUT2D eigenvalue weighted by Crippen LogP contribution is -2.32. The number of hydrogen-bond donors (Lipinski definition) is 0. The number of esters is 1. The van der Waals surface area contributed by atoms with E-state index in [1.54, 1.807) is 38.1 Å². The second-order valence-corrected chi connectivity index (χ2v) is 14.3. The SMILES string of the molecule is CC(C)(Br)C(=O)Oc1cccc([Si](Cl)(Cl)Cl)c1. The molecule has 0 radical (unpaired) electrons. The van der Waals surface area contributed by atoms with Gasteiger partial charge in [0.25, 0.3) is 0 Å². The van der Waals surface area contributed by atoms with Gasteiger partial charge in [0.2, 0.25) is 0 Å². The minimum absolute atomic E-state index is 0.374. The van der Waals surface area contributed by atoms with Gasteiger partial charge < -0.3 is 4.74 Å². The molecular weight excluding hydrogens is 366 g/mol. The van der Waals surface area contributed by atoms with E-state index >= 15 is 0 Å². The third kappa shape index (κ3) is 4.79. The first kappa shape index (κ1) is 15.3. The van der Waals surface area contributed by atoms with Gasteiger partial charge in [-0.1, -0.05) is 28.1 Å². The normalized spacial score (nSPS) is 12.4. The molecular formula is C10H10BrCl3O2Si. The van der Waals surface area contributed by atoms with Gasteiger partial charge in [-0.2, -0.15) is 0 Å². The van der Waals surface area contributed by atoms with Gasteiger partial charge >= 0.3 is 12.0 Å². The van der Waals surface area contributed by atoms with E-state index < -0.39 is 16.3 Å². The number of ether oxygens (including phenoxy) is 1. The van der Waals surface area contributed by atoms with Crippen LogP contribution in [0.3, 0.4) is 0 Å². The van der Waals surface area contributed by atoms with E-state index in [1.807, 2.05) is 0 Å². The predicted molar refractivity (Wildman–Crippen MR) is 78.0 cm³/mol. The molecule has 0 saturated carbocycles. The second-order valence-electron chi connectivity index (χ2n) is 3.89. The van der Waals surface area contributed by atoms with Crippen molar-refractivity contribution in [2.24, 2.45) is 0 Å². The van der Waals surface area contributed by atoms with Gasteiger partial charge in [0, 0.05) is 0 Å². The largest absolute Gasteiger partial charge is 0.426 e. The molecule has 0 saturated heterocycles. The highest BCUT2D eigenvalue weighted by Crippen LogP contribution is 2.23. The maximum absolute atomic E-state index is 11.6. The summed E-state index contributed by atoms with van der Waals surface area (Å²) < 4.78 is 4.43. The van der Waals surface area contributed by atoms with Crippen molar-refractivity contribution in [3.63, 3.8) is 0 Å². The number of rotatable bonds is 3. The molecule has 1 aromatic carbocycles. The summed E-state index contributed by atoms with van der Waals surface area (Å²) in [5.74, 6) is -0.0283. The van der Waals surface area contributed by atoms with Crippen LogP contribution in [-0.2, 0) is 4.79 Å². The van der Waals surface area contributed by atoms with Crippen LogP contribution >= 0.6 is 49.2 Å². The molecule has 0 atom stereocenters. The molecule has 0 aliphatic heterocycles. The molecule has 1 aromatic rings. The summed E-state index contributed by atoms with van der Waals surface area (Å²) in [7, 11) is 0. The topological polar surface area (TPSA) is 26.3 Å². The Morgan fingerprint density at radius 2 is 1.94 bits per heavy atom. The van der Waals surface area contributed by atoms with Gasteiger partial charge in [-0.15, -0.1) is 33.2 Å². The molecule has 0 unspecified atom stereocenters. The standard InChI is InChI=1S/C10H10BrCl3O2Si/c1-10(2,11)9(15)16-7-4-3-5-8(6-7)17(12,13)14/h3-6H,1-2H3. The molecule has 0 aliphatic carbocycles. The van der Waals surface area contributed by atoms with Crippen molar-refractivity contribution in [1.29, 1.82) is 0 Å². The van der Waals surface area contributed by atoms with E-state index in [2.05, 4.69) is 15.9 Å². The quantitative estimate of drug-likeness (QED) is 0.265. The lowest BCUT2D eigenvalue weighted by Gasteiger charge is -2.15. The van der Waals surface area contributed by atoms with Gasteiger partial charge in [-0.25, -0.2) is 0 Å². The minimum Gasteiger partial charge on any atom is -0.426 e. The first-order valence-electron chi connectivity index (χ1n) is 4.69. The average molecular weight is 377 g/mol. The fourth-order valence-corrected chi connectivity index (χ4v) is 2.69. The zero-order valence-corrected chi connectivity index (χ0v) is 14.0. The molecule has 17 heavy (non-hydrogen) atoms. The van der Waals surface area contributed by atoms with Crippen molar-refractivity contribution >= 4 is 66.3 Å². The maximum atomic E-state index is 11.6. The van der Waals surface area contributed by atoms with Crippen molar-refractivity contribution in [2.45, 2.75) is 18.2 Å². The fraction of sp³-hybridized carbons (Fsp3) is 0.300. The van der Waals surface area contributed by atoms with Gasteiger partial charge in [-0.3, -0.25) is 4.79 Å². The highest BCUT2D eigenvalue weighted by Gasteiger charge is 2.30. The van der Waals surface area contributed by atoms with Crippen LogP contribution in [0, 0.1) is 0 Å². The molecule has 1 rings (SSSR count). The van der Waals surface area contributed by atoms with Crippen molar-refractivity contribution in [3.8, 4) is 5.75 Å². The van der Waals surface area contributed by atoms with Crippen LogP contribution in [-0.4, -0.2) is 16.3 Å². The Morgan fingerprint density at radius 3 is 2.41 bits per heavy atom. The van der Waals surface area contributed by atoms with E-state index in [1.165, 1.54) is 0 Å². The molecule has 0 N–H and O–H groups in total. The van der Waals surface area contributed by atoms with E-state index in [0.717, 1.165) is 0 Å². The summed E-state index contributed by atoms with van der Waals surface area (Å²) in [5, 5.41) is 0.583. The van der Waals surface area contributed by atoms with Crippen LogP contribution in [0.1, 0.15) is 13.8 Å². The van der Waals surface area contributed by atoms with Crippen LogP contribution in [0.2, 0.25) is 0 Å². The Kier molecular flexibility index (Phi) is 4.94. The molecule has 7 heteroatoms.